The van der Waals surface area contributed by atoms with Crippen molar-refractivity contribution in [2.45, 2.75) is 51.4 Å². The molecule has 2 saturated carbocycles. The molecule has 0 aromatic heterocycles. The third kappa shape index (κ3) is 5.01. The fraction of sp³-hybridized carbons (Fsp3) is 1.00. The third-order valence-corrected chi connectivity index (χ3v) is 7.73. The van der Waals surface area contributed by atoms with Gasteiger partial charge in [-0.2, -0.15) is 0 Å². The van der Waals surface area contributed by atoms with Crippen molar-refractivity contribution in [2.75, 3.05) is 24.6 Å². The Morgan fingerprint density at radius 1 is 0.625 bits per heavy atom. The minimum absolute atomic E-state index is 1.14. The van der Waals surface area contributed by atoms with Crippen molar-refractivity contribution in [1.82, 2.24) is 0 Å². The highest BCUT2D eigenvalue weighted by Crippen LogP contribution is 2.33. The zero-order chi connectivity index (χ0) is 11.1. The first kappa shape index (κ1) is 13.3. The van der Waals surface area contributed by atoms with Crippen molar-refractivity contribution in [3.8, 4) is 0 Å². The van der Waals surface area contributed by atoms with Crippen LogP contribution in [0.5, 0.6) is 0 Å². The lowest BCUT2D eigenvalue weighted by atomic mass is 10.1. The van der Waals surface area contributed by atoms with E-state index in [4.69, 9.17) is 0 Å². The van der Waals surface area contributed by atoms with Gasteiger partial charge < -0.3 is 0 Å². The lowest BCUT2D eigenvalue weighted by Crippen LogP contribution is -1.98. The van der Waals surface area contributed by atoms with E-state index in [9.17, 15) is 0 Å². The zero-order valence-electron chi connectivity index (χ0n) is 10.6. The first-order valence-corrected chi connectivity index (χ1v) is 10.2. The molecule has 0 bridgehead atoms. The van der Waals surface area contributed by atoms with Gasteiger partial charge in [0.1, 0.15) is 0 Å². The lowest BCUT2D eigenvalue weighted by molar-refractivity contribution is 0.620. The van der Waals surface area contributed by atoms with E-state index in [1.54, 1.807) is 50.3 Å². The molecular formula is C14H28P2. The van der Waals surface area contributed by atoms with Crippen molar-refractivity contribution < 1.29 is 0 Å². The van der Waals surface area contributed by atoms with E-state index in [1.807, 2.05) is 0 Å². The normalized spacial score (nSPS) is 24.8. The highest BCUT2D eigenvalue weighted by molar-refractivity contribution is 7.42. The SMILES string of the molecule is C1CCC(CPCCPCC2CCCC2)C1. The van der Waals surface area contributed by atoms with E-state index in [0.29, 0.717) is 0 Å². The summed E-state index contributed by atoms with van der Waals surface area (Å²) >= 11 is 0. The molecule has 0 saturated heterocycles. The fourth-order valence-corrected chi connectivity index (χ4v) is 6.67. The molecule has 0 N–H and O–H groups in total. The highest BCUT2D eigenvalue weighted by atomic mass is 31.1. The molecular weight excluding hydrogens is 230 g/mol. The molecule has 2 atom stereocenters. The molecule has 0 heterocycles. The number of hydrogen-bond acceptors (Lipinski definition) is 0. The first-order valence-electron chi connectivity index (χ1n) is 7.36. The van der Waals surface area contributed by atoms with Gasteiger partial charge in [-0.15, -0.1) is 17.2 Å². The van der Waals surface area contributed by atoms with Crippen LogP contribution in [0.2, 0.25) is 0 Å². The summed E-state index contributed by atoms with van der Waals surface area (Å²) in [5.74, 6) is 2.27. The molecule has 2 aliphatic rings. The minimum Gasteiger partial charge on any atom is -0.121 e. The molecule has 0 radical (unpaired) electrons. The average molecular weight is 258 g/mol. The van der Waals surface area contributed by atoms with E-state index in [2.05, 4.69) is 0 Å². The summed E-state index contributed by atoms with van der Waals surface area (Å²) in [5, 5.41) is 0. The smallest absolute Gasteiger partial charge is 0.0316 e. The summed E-state index contributed by atoms with van der Waals surface area (Å²) in [6.45, 7) is 0. The standard InChI is InChI=1S/C14H28P2/c1-2-6-13(5-1)11-15-9-10-16-12-14-7-3-4-8-14/h13-16H,1-12H2. The van der Waals surface area contributed by atoms with E-state index < -0.39 is 0 Å². The maximum absolute atomic E-state index is 1.58. The van der Waals surface area contributed by atoms with E-state index >= 15 is 0 Å². The van der Waals surface area contributed by atoms with Crippen LogP contribution < -0.4 is 0 Å². The van der Waals surface area contributed by atoms with Gasteiger partial charge in [0.25, 0.3) is 0 Å². The second-order valence-electron chi connectivity index (χ2n) is 5.71. The summed E-state index contributed by atoms with van der Waals surface area (Å²) in [5.41, 5.74) is 0. The highest BCUT2D eigenvalue weighted by Gasteiger charge is 2.15. The Hall–Kier alpha value is 0.860. The van der Waals surface area contributed by atoms with Crippen molar-refractivity contribution in [3.05, 3.63) is 0 Å². The van der Waals surface area contributed by atoms with Gasteiger partial charge in [0.15, 0.2) is 0 Å². The summed E-state index contributed by atoms with van der Waals surface area (Å²) in [6.07, 6.45) is 18.6. The van der Waals surface area contributed by atoms with Crippen LogP contribution in [0.15, 0.2) is 0 Å². The molecule has 2 unspecified atom stereocenters. The van der Waals surface area contributed by atoms with E-state index in [-0.39, 0.29) is 0 Å². The van der Waals surface area contributed by atoms with Gasteiger partial charge in [0, 0.05) is 0 Å². The monoisotopic (exact) mass is 258 g/mol. The molecule has 16 heavy (non-hydrogen) atoms. The summed E-state index contributed by atoms with van der Waals surface area (Å²) in [6, 6.07) is 0. The van der Waals surface area contributed by atoms with Crippen LogP contribution in [0.25, 0.3) is 0 Å². The first-order chi connectivity index (χ1) is 7.95. The quantitative estimate of drug-likeness (QED) is 0.457. The van der Waals surface area contributed by atoms with Gasteiger partial charge in [0.2, 0.25) is 0 Å². The van der Waals surface area contributed by atoms with E-state index in [0.717, 1.165) is 11.8 Å². The van der Waals surface area contributed by atoms with Crippen LogP contribution in [-0.4, -0.2) is 24.6 Å². The molecule has 2 fully saturated rings. The largest absolute Gasteiger partial charge is 0.121 e. The molecule has 0 amide bonds. The van der Waals surface area contributed by atoms with Crippen LogP contribution in [0.1, 0.15) is 51.4 Å². The molecule has 0 nitrogen and oxygen atoms in total. The van der Waals surface area contributed by atoms with Crippen molar-refractivity contribution in [2.24, 2.45) is 11.8 Å². The Kier molecular flexibility index (Phi) is 6.69. The maximum atomic E-state index is 1.58. The van der Waals surface area contributed by atoms with Gasteiger partial charge in [0.05, 0.1) is 0 Å². The third-order valence-electron chi connectivity index (χ3n) is 4.29. The van der Waals surface area contributed by atoms with Crippen LogP contribution in [-0.2, 0) is 0 Å². The summed E-state index contributed by atoms with van der Waals surface area (Å²) in [7, 11) is 2.59. The molecule has 94 valence electrons. The molecule has 2 aliphatic carbocycles. The zero-order valence-corrected chi connectivity index (χ0v) is 12.6. The molecule has 0 aromatic rings. The average Bonchev–Trinajstić information content (AvgIpc) is 2.96. The molecule has 0 aliphatic heterocycles. The summed E-state index contributed by atoms with van der Waals surface area (Å²) < 4.78 is 0. The van der Waals surface area contributed by atoms with Gasteiger partial charge in [-0.05, 0) is 36.5 Å². The Morgan fingerprint density at radius 2 is 1.00 bits per heavy atom. The van der Waals surface area contributed by atoms with Gasteiger partial charge in [-0.3, -0.25) is 0 Å². The predicted octanol–water partition coefficient (Wildman–Crippen LogP) is 4.72. The van der Waals surface area contributed by atoms with Gasteiger partial charge in [-0.25, -0.2) is 0 Å². The van der Waals surface area contributed by atoms with Crippen LogP contribution in [0, 0.1) is 11.8 Å². The number of hydrogen-bond donors (Lipinski definition) is 0. The van der Waals surface area contributed by atoms with Crippen molar-refractivity contribution in [3.63, 3.8) is 0 Å². The summed E-state index contributed by atoms with van der Waals surface area (Å²) in [4.78, 5) is 0. The molecule has 2 heteroatoms. The van der Waals surface area contributed by atoms with Gasteiger partial charge >= 0.3 is 0 Å². The molecule has 0 spiro atoms. The van der Waals surface area contributed by atoms with Crippen molar-refractivity contribution in [1.29, 1.82) is 0 Å². The number of rotatable bonds is 7. The second kappa shape index (κ2) is 8.05. The fourth-order valence-electron chi connectivity index (χ4n) is 3.22. The van der Waals surface area contributed by atoms with Crippen molar-refractivity contribution >= 4 is 17.2 Å². The lowest BCUT2D eigenvalue weighted by Gasteiger charge is -2.10. The Bertz CT molecular complexity index is 150. The van der Waals surface area contributed by atoms with Crippen LogP contribution in [0.3, 0.4) is 0 Å². The maximum Gasteiger partial charge on any atom is -0.0316 e. The van der Waals surface area contributed by atoms with Crippen LogP contribution in [0.4, 0.5) is 0 Å². The topological polar surface area (TPSA) is 0 Å². The second-order valence-corrected chi connectivity index (χ2v) is 8.53. The molecule has 0 aromatic carbocycles. The van der Waals surface area contributed by atoms with E-state index in [1.165, 1.54) is 42.8 Å². The van der Waals surface area contributed by atoms with Crippen LogP contribution >= 0.6 is 17.2 Å². The Balaban J connectivity index is 1.37. The predicted molar refractivity (Wildman–Crippen MR) is 80.0 cm³/mol. The Labute approximate surface area is 105 Å². The van der Waals surface area contributed by atoms with Gasteiger partial charge in [-0.1, -0.05) is 51.4 Å². The Morgan fingerprint density at radius 3 is 1.38 bits per heavy atom. The molecule has 2 rings (SSSR count). The minimum atomic E-state index is 1.14.